The van der Waals surface area contributed by atoms with Gasteiger partial charge in [-0.3, -0.25) is 0 Å². The van der Waals surface area contributed by atoms with Crippen LogP contribution in [0.3, 0.4) is 0 Å². The zero-order chi connectivity index (χ0) is 10.2. The van der Waals surface area contributed by atoms with E-state index in [4.69, 9.17) is 16.7 Å². The summed E-state index contributed by atoms with van der Waals surface area (Å²) in [5.41, 5.74) is 1.36. The average Bonchev–Trinajstić information content (AvgIpc) is 2.86. The van der Waals surface area contributed by atoms with Gasteiger partial charge in [-0.05, 0) is 42.4 Å². The Kier molecular flexibility index (Phi) is 2.87. The predicted molar refractivity (Wildman–Crippen MR) is 61.8 cm³/mol. The van der Waals surface area contributed by atoms with Crippen LogP contribution in [0.2, 0.25) is 5.02 Å². The maximum atomic E-state index is 9.00. The SMILES string of the molecule is OCCC1(c2ccc(Br)cc2Cl)CC1. The van der Waals surface area contributed by atoms with Crippen molar-refractivity contribution in [1.29, 1.82) is 0 Å². The molecule has 1 aromatic rings. The molecule has 0 bridgehead atoms. The molecular weight excluding hydrogens is 263 g/mol. The van der Waals surface area contributed by atoms with E-state index in [1.54, 1.807) is 0 Å². The number of hydrogen-bond acceptors (Lipinski definition) is 1. The molecule has 0 radical (unpaired) electrons. The standard InChI is InChI=1S/C11H12BrClO/c12-8-1-2-9(10(13)7-8)11(3-4-11)5-6-14/h1-2,7,14H,3-6H2. The first-order valence-electron chi connectivity index (χ1n) is 4.74. The average molecular weight is 276 g/mol. The van der Waals surface area contributed by atoms with Crippen LogP contribution in [0.25, 0.3) is 0 Å². The van der Waals surface area contributed by atoms with Gasteiger partial charge >= 0.3 is 0 Å². The highest BCUT2D eigenvalue weighted by molar-refractivity contribution is 9.10. The van der Waals surface area contributed by atoms with Gasteiger partial charge in [0.15, 0.2) is 0 Å². The molecular formula is C11H12BrClO. The highest BCUT2D eigenvalue weighted by Crippen LogP contribution is 2.53. The Morgan fingerprint density at radius 2 is 2.14 bits per heavy atom. The zero-order valence-electron chi connectivity index (χ0n) is 7.76. The highest BCUT2D eigenvalue weighted by Gasteiger charge is 2.44. The molecule has 1 fully saturated rings. The van der Waals surface area contributed by atoms with Crippen LogP contribution < -0.4 is 0 Å². The summed E-state index contributed by atoms with van der Waals surface area (Å²) in [5.74, 6) is 0. The van der Waals surface area contributed by atoms with Crippen molar-refractivity contribution < 1.29 is 5.11 Å². The van der Waals surface area contributed by atoms with Crippen molar-refractivity contribution in [1.82, 2.24) is 0 Å². The molecule has 2 rings (SSSR count). The van der Waals surface area contributed by atoms with Crippen molar-refractivity contribution in [2.24, 2.45) is 0 Å². The Balaban J connectivity index is 2.32. The van der Waals surface area contributed by atoms with Crippen LogP contribution in [0.1, 0.15) is 24.8 Å². The van der Waals surface area contributed by atoms with Gasteiger partial charge in [0, 0.05) is 16.1 Å². The lowest BCUT2D eigenvalue weighted by atomic mass is 9.93. The molecule has 0 spiro atoms. The van der Waals surface area contributed by atoms with Crippen molar-refractivity contribution in [2.45, 2.75) is 24.7 Å². The van der Waals surface area contributed by atoms with E-state index in [-0.39, 0.29) is 12.0 Å². The monoisotopic (exact) mass is 274 g/mol. The second kappa shape index (κ2) is 3.84. The van der Waals surface area contributed by atoms with Gasteiger partial charge in [0.1, 0.15) is 0 Å². The molecule has 14 heavy (non-hydrogen) atoms. The third kappa shape index (κ3) is 1.83. The van der Waals surface area contributed by atoms with E-state index >= 15 is 0 Å². The minimum absolute atomic E-state index is 0.173. The summed E-state index contributed by atoms with van der Waals surface area (Å²) >= 11 is 9.57. The van der Waals surface area contributed by atoms with Gasteiger partial charge in [0.05, 0.1) is 0 Å². The van der Waals surface area contributed by atoms with E-state index in [0.717, 1.165) is 28.8 Å². The van der Waals surface area contributed by atoms with Crippen molar-refractivity contribution in [3.63, 3.8) is 0 Å². The Hall–Kier alpha value is -0.0500. The van der Waals surface area contributed by atoms with E-state index in [2.05, 4.69) is 22.0 Å². The molecule has 1 N–H and O–H groups in total. The fourth-order valence-electron chi connectivity index (χ4n) is 1.94. The molecule has 1 aliphatic rings. The van der Waals surface area contributed by atoms with E-state index in [0.29, 0.717) is 0 Å². The molecule has 76 valence electrons. The largest absolute Gasteiger partial charge is 0.396 e. The third-order valence-electron chi connectivity index (χ3n) is 2.95. The van der Waals surface area contributed by atoms with Crippen LogP contribution >= 0.6 is 27.5 Å². The van der Waals surface area contributed by atoms with Crippen molar-refractivity contribution >= 4 is 27.5 Å². The molecule has 3 heteroatoms. The maximum absolute atomic E-state index is 9.00. The number of hydrogen-bond donors (Lipinski definition) is 1. The fourth-order valence-corrected chi connectivity index (χ4v) is 2.81. The van der Waals surface area contributed by atoms with Crippen LogP contribution in [0.4, 0.5) is 0 Å². The number of aliphatic hydroxyl groups is 1. The van der Waals surface area contributed by atoms with Gasteiger partial charge in [-0.1, -0.05) is 33.6 Å². The lowest BCUT2D eigenvalue weighted by Gasteiger charge is -2.15. The number of halogens is 2. The van der Waals surface area contributed by atoms with Crippen LogP contribution in [-0.2, 0) is 5.41 Å². The molecule has 1 aliphatic carbocycles. The summed E-state index contributed by atoms with van der Waals surface area (Å²) in [4.78, 5) is 0. The van der Waals surface area contributed by atoms with Gasteiger partial charge in [-0.25, -0.2) is 0 Å². The van der Waals surface area contributed by atoms with Gasteiger partial charge in [-0.15, -0.1) is 0 Å². The number of benzene rings is 1. The molecule has 1 saturated carbocycles. The van der Waals surface area contributed by atoms with E-state index < -0.39 is 0 Å². The van der Waals surface area contributed by atoms with Crippen LogP contribution in [-0.4, -0.2) is 11.7 Å². The molecule has 0 aliphatic heterocycles. The summed E-state index contributed by atoms with van der Waals surface area (Å²) in [6.07, 6.45) is 3.12. The van der Waals surface area contributed by atoms with E-state index in [1.165, 1.54) is 5.56 Å². The first-order valence-corrected chi connectivity index (χ1v) is 5.91. The number of aliphatic hydroxyl groups excluding tert-OH is 1. The lowest BCUT2D eigenvalue weighted by Crippen LogP contribution is -2.09. The summed E-state index contributed by atoms with van der Waals surface area (Å²) < 4.78 is 1.01. The minimum Gasteiger partial charge on any atom is -0.396 e. The minimum atomic E-state index is 0.173. The molecule has 0 aromatic heterocycles. The van der Waals surface area contributed by atoms with Crippen LogP contribution in [0.5, 0.6) is 0 Å². The molecule has 0 unspecified atom stereocenters. The maximum Gasteiger partial charge on any atom is 0.0454 e. The van der Waals surface area contributed by atoms with Crippen LogP contribution in [0, 0.1) is 0 Å². The summed E-state index contributed by atoms with van der Waals surface area (Å²) in [6.45, 7) is 0.242. The van der Waals surface area contributed by atoms with E-state index in [1.807, 2.05) is 12.1 Å². The molecule has 1 nitrogen and oxygen atoms in total. The summed E-state index contributed by atoms with van der Waals surface area (Å²) in [5, 5.41) is 9.81. The topological polar surface area (TPSA) is 20.2 Å². The highest BCUT2D eigenvalue weighted by atomic mass is 79.9. The third-order valence-corrected chi connectivity index (χ3v) is 3.75. The first-order chi connectivity index (χ1) is 6.68. The predicted octanol–water partition coefficient (Wildman–Crippen LogP) is 3.52. The number of rotatable bonds is 3. The smallest absolute Gasteiger partial charge is 0.0454 e. The van der Waals surface area contributed by atoms with Crippen molar-refractivity contribution in [2.75, 3.05) is 6.61 Å². The molecule has 1 aromatic carbocycles. The zero-order valence-corrected chi connectivity index (χ0v) is 10.1. The molecule has 0 heterocycles. The Bertz CT molecular complexity index is 347. The quantitative estimate of drug-likeness (QED) is 0.895. The van der Waals surface area contributed by atoms with E-state index in [9.17, 15) is 0 Å². The van der Waals surface area contributed by atoms with Gasteiger partial charge < -0.3 is 5.11 Å². The molecule has 0 amide bonds. The Morgan fingerprint density at radius 3 is 2.64 bits per heavy atom. The fraction of sp³-hybridized carbons (Fsp3) is 0.455. The second-order valence-electron chi connectivity index (χ2n) is 3.88. The van der Waals surface area contributed by atoms with Gasteiger partial charge in [0.2, 0.25) is 0 Å². The first kappa shape index (κ1) is 10.5. The Morgan fingerprint density at radius 1 is 1.43 bits per heavy atom. The summed E-state index contributed by atoms with van der Waals surface area (Å²) in [7, 11) is 0. The molecule has 0 atom stereocenters. The van der Waals surface area contributed by atoms with Crippen molar-refractivity contribution in [3.05, 3.63) is 33.3 Å². The lowest BCUT2D eigenvalue weighted by molar-refractivity contribution is 0.271. The van der Waals surface area contributed by atoms with Crippen LogP contribution in [0.15, 0.2) is 22.7 Å². The normalized spacial score (nSPS) is 18.2. The van der Waals surface area contributed by atoms with Gasteiger partial charge in [0.25, 0.3) is 0 Å². The Labute approximate surface area is 97.2 Å². The second-order valence-corrected chi connectivity index (χ2v) is 5.20. The van der Waals surface area contributed by atoms with Gasteiger partial charge in [-0.2, -0.15) is 0 Å². The summed E-state index contributed by atoms with van der Waals surface area (Å²) in [6, 6.07) is 6.00. The van der Waals surface area contributed by atoms with Crippen molar-refractivity contribution in [3.8, 4) is 0 Å². The molecule has 0 saturated heterocycles.